The number of aromatic nitrogens is 3. The van der Waals surface area contributed by atoms with Gasteiger partial charge < -0.3 is 19.0 Å². The number of rotatable bonds is 8. The summed E-state index contributed by atoms with van der Waals surface area (Å²) in [6.45, 7) is 10.3. The van der Waals surface area contributed by atoms with E-state index in [9.17, 15) is 4.79 Å². The average Bonchev–Trinajstić information content (AvgIpc) is 3.42. The normalized spacial score (nSPS) is 15.2. The SMILES string of the molecule is CCOc1ccc(CN2CCc3nnc(C(NC(=O)c4ccoc4)C(C)C)n3CC2)cc1. The predicted molar refractivity (Wildman–Crippen MR) is 120 cm³/mol. The highest BCUT2D eigenvalue weighted by Gasteiger charge is 2.28. The van der Waals surface area contributed by atoms with Gasteiger partial charge in [0, 0.05) is 32.6 Å². The van der Waals surface area contributed by atoms with Crippen LogP contribution in [-0.2, 0) is 19.5 Å². The summed E-state index contributed by atoms with van der Waals surface area (Å²) < 4.78 is 12.8. The van der Waals surface area contributed by atoms with Gasteiger partial charge >= 0.3 is 0 Å². The van der Waals surface area contributed by atoms with E-state index in [0.717, 1.165) is 50.0 Å². The summed E-state index contributed by atoms with van der Waals surface area (Å²) in [5.41, 5.74) is 1.77. The van der Waals surface area contributed by atoms with Crippen LogP contribution in [0.25, 0.3) is 0 Å². The first kappa shape index (κ1) is 22.1. The molecule has 2 aromatic heterocycles. The number of ether oxygens (including phenoxy) is 1. The fourth-order valence-electron chi connectivity index (χ4n) is 4.04. The lowest BCUT2D eigenvalue weighted by molar-refractivity contribution is 0.0921. The quantitative estimate of drug-likeness (QED) is 0.581. The molecule has 1 unspecified atom stereocenters. The van der Waals surface area contributed by atoms with Gasteiger partial charge in [-0.2, -0.15) is 0 Å². The molecule has 1 amide bonds. The van der Waals surface area contributed by atoms with Crippen molar-refractivity contribution in [1.82, 2.24) is 25.0 Å². The van der Waals surface area contributed by atoms with Gasteiger partial charge in [-0.15, -0.1) is 10.2 Å². The second kappa shape index (κ2) is 9.99. The van der Waals surface area contributed by atoms with E-state index in [1.807, 2.05) is 19.1 Å². The number of carbonyl (C=O) groups excluding carboxylic acids is 1. The molecule has 1 N–H and O–H groups in total. The van der Waals surface area contributed by atoms with Gasteiger partial charge in [0.15, 0.2) is 5.82 Å². The Morgan fingerprint density at radius 1 is 1.16 bits per heavy atom. The standard InChI is InChI=1S/C24H31N5O3/c1-4-32-20-7-5-18(6-8-20)15-28-11-9-21-26-27-23(29(21)13-12-28)22(17(2)3)25-24(30)19-10-14-31-16-19/h5-8,10,14,16-17,22H,4,9,11-13,15H2,1-3H3,(H,25,30). The Kier molecular flexibility index (Phi) is 6.90. The van der Waals surface area contributed by atoms with E-state index in [4.69, 9.17) is 9.15 Å². The van der Waals surface area contributed by atoms with E-state index >= 15 is 0 Å². The molecular formula is C24H31N5O3. The van der Waals surface area contributed by atoms with Gasteiger partial charge in [-0.05, 0) is 36.6 Å². The summed E-state index contributed by atoms with van der Waals surface area (Å²) in [7, 11) is 0. The fraction of sp³-hybridized carbons (Fsp3) is 0.458. The molecule has 0 saturated carbocycles. The predicted octanol–water partition coefficient (Wildman–Crippen LogP) is 3.46. The number of hydrogen-bond acceptors (Lipinski definition) is 6. The highest BCUT2D eigenvalue weighted by Crippen LogP contribution is 2.24. The van der Waals surface area contributed by atoms with Crippen LogP contribution in [0.4, 0.5) is 0 Å². The van der Waals surface area contributed by atoms with E-state index in [2.05, 4.69) is 51.0 Å². The van der Waals surface area contributed by atoms with Crippen molar-refractivity contribution in [2.24, 2.45) is 5.92 Å². The Morgan fingerprint density at radius 2 is 1.97 bits per heavy atom. The molecule has 1 atom stereocenters. The van der Waals surface area contributed by atoms with Crippen molar-refractivity contribution in [2.75, 3.05) is 19.7 Å². The van der Waals surface area contributed by atoms with Crippen molar-refractivity contribution in [3.63, 3.8) is 0 Å². The Morgan fingerprint density at radius 3 is 2.66 bits per heavy atom. The zero-order valence-corrected chi connectivity index (χ0v) is 19.0. The Bertz CT molecular complexity index is 1010. The second-order valence-electron chi connectivity index (χ2n) is 8.44. The molecule has 1 aliphatic heterocycles. The summed E-state index contributed by atoms with van der Waals surface area (Å²) in [6, 6.07) is 9.74. The molecule has 0 spiro atoms. The molecular weight excluding hydrogens is 406 g/mol. The van der Waals surface area contributed by atoms with Crippen LogP contribution in [0.3, 0.4) is 0 Å². The molecule has 0 aliphatic carbocycles. The average molecular weight is 438 g/mol. The fourth-order valence-corrected chi connectivity index (χ4v) is 4.04. The summed E-state index contributed by atoms with van der Waals surface area (Å²) >= 11 is 0. The molecule has 3 heterocycles. The van der Waals surface area contributed by atoms with Crippen molar-refractivity contribution in [2.45, 2.75) is 46.3 Å². The first-order valence-corrected chi connectivity index (χ1v) is 11.2. The lowest BCUT2D eigenvalue weighted by atomic mass is 10.0. The van der Waals surface area contributed by atoms with Gasteiger partial charge in [0.05, 0.1) is 24.5 Å². The lowest BCUT2D eigenvalue weighted by Gasteiger charge is -2.23. The van der Waals surface area contributed by atoms with E-state index < -0.39 is 0 Å². The molecule has 0 radical (unpaired) electrons. The minimum absolute atomic E-state index is 0.166. The van der Waals surface area contributed by atoms with Gasteiger partial charge in [0.2, 0.25) is 0 Å². The zero-order chi connectivity index (χ0) is 22.5. The molecule has 8 nitrogen and oxygen atoms in total. The van der Waals surface area contributed by atoms with Gasteiger partial charge in [0.1, 0.15) is 17.8 Å². The van der Waals surface area contributed by atoms with E-state index in [1.54, 1.807) is 6.07 Å². The summed E-state index contributed by atoms with van der Waals surface area (Å²) in [4.78, 5) is 15.1. The minimum Gasteiger partial charge on any atom is -0.494 e. The maximum atomic E-state index is 12.6. The number of carbonyl (C=O) groups is 1. The van der Waals surface area contributed by atoms with Crippen molar-refractivity contribution < 1.29 is 13.9 Å². The van der Waals surface area contributed by atoms with Crippen LogP contribution in [0.1, 0.15) is 54.4 Å². The van der Waals surface area contributed by atoms with Crippen LogP contribution in [0, 0.1) is 5.92 Å². The summed E-state index contributed by atoms with van der Waals surface area (Å²) in [5, 5.41) is 12.0. The maximum absolute atomic E-state index is 12.6. The highest BCUT2D eigenvalue weighted by atomic mass is 16.5. The lowest BCUT2D eigenvalue weighted by Crippen LogP contribution is -2.34. The van der Waals surface area contributed by atoms with Crippen molar-refractivity contribution in [1.29, 1.82) is 0 Å². The minimum atomic E-state index is -0.226. The second-order valence-corrected chi connectivity index (χ2v) is 8.44. The molecule has 1 aliphatic rings. The number of amides is 1. The summed E-state index contributed by atoms with van der Waals surface area (Å²) in [5.74, 6) is 2.69. The molecule has 0 saturated heterocycles. The van der Waals surface area contributed by atoms with Crippen LogP contribution < -0.4 is 10.1 Å². The topological polar surface area (TPSA) is 85.4 Å². The third kappa shape index (κ3) is 5.02. The van der Waals surface area contributed by atoms with Crippen molar-refractivity contribution >= 4 is 5.91 Å². The first-order chi connectivity index (χ1) is 15.5. The molecule has 3 aromatic rings. The van der Waals surface area contributed by atoms with Crippen LogP contribution in [0.15, 0.2) is 47.3 Å². The largest absolute Gasteiger partial charge is 0.494 e. The van der Waals surface area contributed by atoms with Gasteiger partial charge in [-0.1, -0.05) is 26.0 Å². The molecule has 8 heteroatoms. The molecule has 170 valence electrons. The van der Waals surface area contributed by atoms with Crippen LogP contribution >= 0.6 is 0 Å². The highest BCUT2D eigenvalue weighted by molar-refractivity contribution is 5.94. The third-order valence-electron chi connectivity index (χ3n) is 5.80. The number of nitrogens with one attached hydrogen (secondary N) is 1. The number of benzene rings is 1. The Balaban J connectivity index is 1.44. The molecule has 4 rings (SSSR count). The van der Waals surface area contributed by atoms with Crippen LogP contribution in [-0.4, -0.2) is 45.3 Å². The number of fused-ring (bicyclic) bond motifs is 1. The molecule has 0 bridgehead atoms. The zero-order valence-electron chi connectivity index (χ0n) is 19.0. The number of nitrogens with zero attached hydrogens (tertiary/aromatic N) is 4. The van der Waals surface area contributed by atoms with Gasteiger partial charge in [0.25, 0.3) is 5.91 Å². The smallest absolute Gasteiger partial charge is 0.255 e. The van der Waals surface area contributed by atoms with Crippen molar-refractivity contribution in [3.8, 4) is 5.75 Å². The molecule has 32 heavy (non-hydrogen) atoms. The number of hydrogen-bond donors (Lipinski definition) is 1. The number of furan rings is 1. The van der Waals surface area contributed by atoms with Gasteiger partial charge in [-0.25, -0.2) is 0 Å². The summed E-state index contributed by atoms with van der Waals surface area (Å²) in [6.07, 6.45) is 3.78. The molecule has 0 fully saturated rings. The van der Waals surface area contributed by atoms with E-state index in [1.165, 1.54) is 18.1 Å². The Hall–Kier alpha value is -3.13. The Labute approximate surface area is 188 Å². The molecule has 1 aromatic carbocycles. The monoisotopic (exact) mass is 437 g/mol. The third-order valence-corrected chi connectivity index (χ3v) is 5.80. The van der Waals surface area contributed by atoms with Gasteiger partial charge in [-0.3, -0.25) is 9.69 Å². The first-order valence-electron chi connectivity index (χ1n) is 11.2. The van der Waals surface area contributed by atoms with E-state index in [0.29, 0.717) is 12.2 Å². The van der Waals surface area contributed by atoms with E-state index in [-0.39, 0.29) is 17.9 Å². The van der Waals surface area contributed by atoms with Crippen LogP contribution in [0.2, 0.25) is 0 Å². The van der Waals surface area contributed by atoms with Crippen molar-refractivity contribution in [3.05, 3.63) is 65.6 Å². The maximum Gasteiger partial charge on any atom is 0.255 e. The van der Waals surface area contributed by atoms with Crippen LogP contribution in [0.5, 0.6) is 5.75 Å².